The molecule has 0 saturated carbocycles. The van der Waals surface area contributed by atoms with Crippen molar-refractivity contribution in [3.63, 3.8) is 0 Å². The minimum atomic E-state index is 1.20. The van der Waals surface area contributed by atoms with E-state index < -0.39 is 0 Å². The Balaban J connectivity index is 3.26. The molecule has 0 spiro atoms. The lowest BCUT2D eigenvalue weighted by Gasteiger charge is -1.90. The fourth-order valence-electron chi connectivity index (χ4n) is 0.445. The Morgan fingerprint density at radius 1 is 1.62 bits per heavy atom. The van der Waals surface area contributed by atoms with Crippen LogP contribution in [0.4, 0.5) is 0 Å². The number of alkyl halides is 1. The van der Waals surface area contributed by atoms with Crippen molar-refractivity contribution in [1.82, 2.24) is 0 Å². The summed E-state index contributed by atoms with van der Waals surface area (Å²) in [6, 6.07) is 0. The van der Waals surface area contributed by atoms with E-state index in [9.17, 15) is 0 Å². The van der Waals surface area contributed by atoms with Gasteiger partial charge in [-0.1, -0.05) is 41.2 Å². The summed E-state index contributed by atoms with van der Waals surface area (Å²) in [5.74, 6) is 0. The first-order valence-electron chi connectivity index (χ1n) is 3.02. The van der Waals surface area contributed by atoms with Gasteiger partial charge in [-0.15, -0.1) is 0 Å². The average Bonchev–Trinajstić information content (AvgIpc) is 1.83. The Kier molecular flexibility index (Phi) is 5.93. The van der Waals surface area contributed by atoms with E-state index in [2.05, 4.69) is 42.5 Å². The molecule has 0 heterocycles. The van der Waals surface area contributed by atoms with Gasteiger partial charge in [-0.3, -0.25) is 0 Å². The fraction of sp³-hybridized carbons (Fsp3) is 0.714. The van der Waals surface area contributed by atoms with Gasteiger partial charge in [0.25, 0.3) is 0 Å². The topological polar surface area (TPSA) is 0 Å². The van der Waals surface area contributed by atoms with Crippen LogP contribution in [0.25, 0.3) is 0 Å². The highest BCUT2D eigenvalue weighted by Crippen LogP contribution is 2.00. The van der Waals surface area contributed by atoms with Crippen LogP contribution < -0.4 is 0 Å². The van der Waals surface area contributed by atoms with Gasteiger partial charge in [0.1, 0.15) is 0 Å². The van der Waals surface area contributed by atoms with Crippen molar-refractivity contribution in [2.45, 2.75) is 26.7 Å². The van der Waals surface area contributed by atoms with Crippen LogP contribution in [0, 0.1) is 0 Å². The smallest absolute Gasteiger partial charge is 0.00300 e. The largest absolute Gasteiger partial charge is 0.0860 e. The zero-order valence-corrected chi connectivity index (χ0v) is 7.73. The lowest BCUT2D eigenvalue weighted by atomic mass is 10.2. The number of hydrogen-bond donors (Lipinski definition) is 0. The first-order chi connectivity index (χ1) is 3.81. The molecule has 0 atom stereocenters. The van der Waals surface area contributed by atoms with Gasteiger partial charge < -0.3 is 0 Å². The summed E-state index contributed by atoms with van der Waals surface area (Å²) < 4.78 is 1.25. The van der Waals surface area contributed by atoms with Crippen LogP contribution in [-0.4, -0.2) is 4.43 Å². The van der Waals surface area contributed by atoms with E-state index in [1.807, 2.05) is 0 Å². The van der Waals surface area contributed by atoms with Gasteiger partial charge in [0.15, 0.2) is 0 Å². The summed E-state index contributed by atoms with van der Waals surface area (Å²) >= 11 is 2.39. The molecule has 0 saturated heterocycles. The molecule has 0 aromatic carbocycles. The Bertz CT molecular complexity index is 74.5. The molecular weight excluding hydrogens is 211 g/mol. The number of hydrogen-bond acceptors (Lipinski definition) is 0. The predicted molar refractivity (Wildman–Crippen MR) is 47.6 cm³/mol. The minimum Gasteiger partial charge on any atom is -0.0860 e. The highest BCUT2D eigenvalue weighted by atomic mass is 127. The molecule has 0 bridgehead atoms. The molecular formula is C7H13I. The Hall–Kier alpha value is 0.470. The lowest BCUT2D eigenvalue weighted by molar-refractivity contribution is 1.07. The van der Waals surface area contributed by atoms with E-state index in [0.717, 1.165) is 0 Å². The van der Waals surface area contributed by atoms with E-state index in [1.165, 1.54) is 22.8 Å². The summed E-state index contributed by atoms with van der Waals surface area (Å²) in [4.78, 5) is 0. The highest BCUT2D eigenvalue weighted by molar-refractivity contribution is 14.1. The summed E-state index contributed by atoms with van der Waals surface area (Å²) in [7, 11) is 0. The zero-order valence-electron chi connectivity index (χ0n) is 5.58. The van der Waals surface area contributed by atoms with Crippen molar-refractivity contribution in [3.8, 4) is 0 Å². The van der Waals surface area contributed by atoms with E-state index in [4.69, 9.17) is 0 Å². The molecule has 0 aliphatic rings. The molecule has 0 unspecified atom stereocenters. The van der Waals surface area contributed by atoms with Gasteiger partial charge in [-0.25, -0.2) is 0 Å². The maximum Gasteiger partial charge on any atom is 0.00300 e. The van der Waals surface area contributed by atoms with Gasteiger partial charge >= 0.3 is 0 Å². The van der Waals surface area contributed by atoms with Gasteiger partial charge in [-0.2, -0.15) is 0 Å². The number of halogens is 1. The van der Waals surface area contributed by atoms with Crippen molar-refractivity contribution < 1.29 is 0 Å². The Morgan fingerprint density at radius 3 is 2.62 bits per heavy atom. The van der Waals surface area contributed by atoms with Crippen LogP contribution in [-0.2, 0) is 0 Å². The molecule has 0 aromatic rings. The molecule has 0 N–H and O–H groups in total. The second-order valence-corrected chi connectivity index (χ2v) is 2.96. The number of rotatable bonds is 3. The van der Waals surface area contributed by atoms with E-state index in [1.54, 1.807) is 0 Å². The summed E-state index contributed by atoms with van der Waals surface area (Å²) in [5.41, 5.74) is 1.52. The molecule has 0 aliphatic carbocycles. The number of allylic oxidation sites excluding steroid dienone is 2. The molecule has 0 aliphatic heterocycles. The highest BCUT2D eigenvalue weighted by Gasteiger charge is 1.80. The molecule has 0 rings (SSSR count). The van der Waals surface area contributed by atoms with Crippen LogP contribution in [0.2, 0.25) is 0 Å². The maximum atomic E-state index is 2.39. The van der Waals surface area contributed by atoms with Crippen LogP contribution in [0.15, 0.2) is 11.6 Å². The van der Waals surface area contributed by atoms with Crippen molar-refractivity contribution in [1.29, 1.82) is 0 Å². The van der Waals surface area contributed by atoms with Crippen molar-refractivity contribution in [3.05, 3.63) is 11.6 Å². The standard InChI is InChI=1S/C7H13I/c1-3-7(2)5-4-6-8/h5H,3-4,6H2,1-2H3/b7-5+. The maximum absolute atomic E-state index is 2.39. The normalized spacial score (nSPS) is 12.1. The average molecular weight is 224 g/mol. The van der Waals surface area contributed by atoms with Crippen LogP contribution in [0.1, 0.15) is 26.7 Å². The van der Waals surface area contributed by atoms with Crippen LogP contribution in [0.3, 0.4) is 0 Å². The molecule has 0 aromatic heterocycles. The van der Waals surface area contributed by atoms with Crippen molar-refractivity contribution in [2.24, 2.45) is 0 Å². The lowest BCUT2D eigenvalue weighted by Crippen LogP contribution is -1.72. The molecule has 8 heavy (non-hydrogen) atoms. The molecule has 0 nitrogen and oxygen atoms in total. The Morgan fingerprint density at radius 2 is 2.25 bits per heavy atom. The van der Waals surface area contributed by atoms with E-state index in [0.29, 0.717) is 0 Å². The van der Waals surface area contributed by atoms with Crippen molar-refractivity contribution in [2.75, 3.05) is 4.43 Å². The quantitative estimate of drug-likeness (QED) is 0.392. The first-order valence-corrected chi connectivity index (χ1v) is 4.55. The first kappa shape index (κ1) is 8.47. The van der Waals surface area contributed by atoms with E-state index >= 15 is 0 Å². The second kappa shape index (κ2) is 5.60. The van der Waals surface area contributed by atoms with Gasteiger partial charge in [0.2, 0.25) is 0 Å². The summed E-state index contributed by atoms with van der Waals surface area (Å²) in [6.07, 6.45) is 4.75. The summed E-state index contributed by atoms with van der Waals surface area (Å²) in [5, 5.41) is 0. The van der Waals surface area contributed by atoms with Gasteiger partial charge in [0, 0.05) is 4.43 Å². The monoisotopic (exact) mass is 224 g/mol. The zero-order chi connectivity index (χ0) is 6.41. The molecule has 1 heteroatoms. The predicted octanol–water partition coefficient (Wildman–Crippen LogP) is 3.17. The minimum absolute atomic E-state index is 1.20. The third-order valence-corrected chi connectivity index (χ3v) is 1.78. The molecule has 0 radical (unpaired) electrons. The SMILES string of the molecule is CC/C(C)=C/CCI. The summed E-state index contributed by atoms with van der Waals surface area (Å²) in [6.45, 7) is 4.38. The Labute approximate surface area is 65.5 Å². The molecule has 48 valence electrons. The van der Waals surface area contributed by atoms with E-state index in [-0.39, 0.29) is 0 Å². The molecule has 0 amide bonds. The third kappa shape index (κ3) is 4.62. The van der Waals surface area contributed by atoms with Gasteiger partial charge in [-0.05, 0) is 19.8 Å². The van der Waals surface area contributed by atoms with Crippen LogP contribution >= 0.6 is 22.6 Å². The van der Waals surface area contributed by atoms with Gasteiger partial charge in [0.05, 0.1) is 0 Å². The molecule has 0 fully saturated rings. The third-order valence-electron chi connectivity index (χ3n) is 1.16. The fourth-order valence-corrected chi connectivity index (χ4v) is 0.757. The van der Waals surface area contributed by atoms with Crippen molar-refractivity contribution >= 4 is 22.6 Å². The van der Waals surface area contributed by atoms with Crippen LogP contribution in [0.5, 0.6) is 0 Å². The second-order valence-electron chi connectivity index (χ2n) is 1.88.